The molecule has 0 aliphatic heterocycles. The Morgan fingerprint density at radius 3 is 2.17 bits per heavy atom. The van der Waals surface area contributed by atoms with Crippen molar-refractivity contribution in [3.05, 3.63) is 131 Å². The highest BCUT2D eigenvalue weighted by Crippen LogP contribution is 2.27. The first-order valence-electron chi connectivity index (χ1n) is 11.5. The van der Waals surface area contributed by atoms with Crippen LogP contribution in [0.15, 0.2) is 103 Å². The number of aromatic carboxylic acids is 1. The van der Waals surface area contributed by atoms with Crippen LogP contribution in [0.5, 0.6) is 5.75 Å². The lowest BCUT2D eigenvalue weighted by atomic mass is 9.99. The molecule has 0 radical (unpaired) electrons. The number of anilines is 1. The van der Waals surface area contributed by atoms with Crippen LogP contribution in [-0.2, 0) is 17.8 Å². The topological polar surface area (TPSA) is 75.6 Å². The molecule has 0 saturated heterocycles. The molecule has 35 heavy (non-hydrogen) atoms. The van der Waals surface area contributed by atoms with Gasteiger partial charge in [-0.2, -0.15) is 0 Å². The number of carboxylic acid groups (broad SMARTS) is 1. The molecule has 1 unspecified atom stereocenters. The minimum atomic E-state index is -0.922. The third-order valence-corrected chi connectivity index (χ3v) is 5.90. The van der Waals surface area contributed by atoms with Gasteiger partial charge in [-0.05, 0) is 53.8 Å². The number of ether oxygens (including phenoxy) is 1. The van der Waals surface area contributed by atoms with Crippen LogP contribution in [0.3, 0.4) is 0 Å². The third kappa shape index (κ3) is 6.15. The van der Waals surface area contributed by atoms with Crippen molar-refractivity contribution in [2.45, 2.75) is 25.9 Å². The Bertz CT molecular complexity index is 1300. The summed E-state index contributed by atoms with van der Waals surface area (Å²) in [7, 11) is 0. The van der Waals surface area contributed by atoms with Crippen LogP contribution in [0, 0.1) is 0 Å². The molecule has 4 aromatic carbocycles. The van der Waals surface area contributed by atoms with Gasteiger partial charge in [0.25, 0.3) is 0 Å². The van der Waals surface area contributed by atoms with Crippen LogP contribution in [0.4, 0.5) is 5.69 Å². The van der Waals surface area contributed by atoms with Gasteiger partial charge in [0.1, 0.15) is 12.4 Å². The summed E-state index contributed by atoms with van der Waals surface area (Å²) in [4.78, 5) is 24.2. The molecule has 0 spiro atoms. The van der Waals surface area contributed by atoms with E-state index in [0.717, 1.165) is 22.3 Å². The lowest BCUT2D eigenvalue weighted by Crippen LogP contribution is -2.19. The van der Waals surface area contributed by atoms with E-state index in [4.69, 9.17) is 4.74 Å². The number of nitrogens with one attached hydrogen (secondary N) is 1. The van der Waals surface area contributed by atoms with E-state index in [0.29, 0.717) is 30.0 Å². The number of para-hydroxylation sites is 2. The molecule has 0 aliphatic rings. The second kappa shape index (κ2) is 11.2. The number of carbonyl (C=O) groups excluding carboxylic acids is 1. The van der Waals surface area contributed by atoms with Gasteiger partial charge >= 0.3 is 5.97 Å². The Labute approximate surface area is 205 Å². The number of hydrogen-bond acceptors (Lipinski definition) is 3. The quantitative estimate of drug-likeness (QED) is 0.304. The van der Waals surface area contributed by atoms with Gasteiger partial charge in [-0.15, -0.1) is 0 Å². The molecule has 0 saturated carbocycles. The molecule has 0 fully saturated rings. The van der Waals surface area contributed by atoms with Gasteiger partial charge in [0.15, 0.2) is 0 Å². The molecule has 1 amide bonds. The monoisotopic (exact) mass is 465 g/mol. The highest BCUT2D eigenvalue weighted by atomic mass is 16.5. The number of benzene rings is 4. The van der Waals surface area contributed by atoms with Crippen LogP contribution in [0.2, 0.25) is 0 Å². The minimum Gasteiger partial charge on any atom is -0.487 e. The van der Waals surface area contributed by atoms with E-state index in [1.54, 1.807) is 12.1 Å². The summed E-state index contributed by atoms with van der Waals surface area (Å²) in [6.07, 6.45) is 0.540. The molecule has 2 N–H and O–H groups in total. The number of hydrogen-bond donors (Lipinski definition) is 2. The van der Waals surface area contributed by atoms with E-state index >= 15 is 0 Å². The third-order valence-electron chi connectivity index (χ3n) is 5.90. The average molecular weight is 466 g/mol. The van der Waals surface area contributed by atoms with E-state index < -0.39 is 5.97 Å². The number of carbonyl (C=O) groups is 2. The van der Waals surface area contributed by atoms with E-state index in [1.165, 1.54) is 0 Å². The summed E-state index contributed by atoms with van der Waals surface area (Å²) in [5.74, 6) is -0.712. The molecule has 0 aromatic heterocycles. The molecule has 0 heterocycles. The van der Waals surface area contributed by atoms with Crippen molar-refractivity contribution in [1.29, 1.82) is 0 Å². The highest BCUT2D eigenvalue weighted by Gasteiger charge is 2.17. The van der Waals surface area contributed by atoms with Crippen molar-refractivity contribution in [3.63, 3.8) is 0 Å². The van der Waals surface area contributed by atoms with Crippen molar-refractivity contribution in [2.75, 3.05) is 5.32 Å². The zero-order valence-corrected chi connectivity index (χ0v) is 19.5. The second-order valence-electron chi connectivity index (χ2n) is 8.36. The van der Waals surface area contributed by atoms with E-state index in [9.17, 15) is 14.7 Å². The predicted molar refractivity (Wildman–Crippen MR) is 137 cm³/mol. The molecule has 5 nitrogen and oxygen atoms in total. The van der Waals surface area contributed by atoms with E-state index in [2.05, 4.69) is 5.32 Å². The first kappa shape index (κ1) is 23.8. The predicted octanol–water partition coefficient (Wildman–Crippen LogP) is 6.30. The SMILES string of the molecule is CC(C(=O)Nc1ccccc1OCc1ccc(Cc2ccccc2C(=O)O)cc1)c1ccccc1. The Balaban J connectivity index is 1.39. The second-order valence-corrected chi connectivity index (χ2v) is 8.36. The fraction of sp³-hybridized carbons (Fsp3) is 0.133. The molecule has 0 aliphatic carbocycles. The van der Waals surface area contributed by atoms with Crippen LogP contribution in [-0.4, -0.2) is 17.0 Å². The van der Waals surface area contributed by atoms with Crippen molar-refractivity contribution < 1.29 is 19.4 Å². The minimum absolute atomic E-state index is 0.0988. The molecular formula is C30H27NO4. The standard InChI is InChI=1S/C30H27NO4/c1-21(24-9-3-2-4-10-24)29(32)31-27-13-7-8-14-28(27)35-20-23-17-15-22(16-18-23)19-25-11-5-6-12-26(25)30(33)34/h2-18,21H,19-20H2,1H3,(H,31,32)(H,33,34). The van der Waals surface area contributed by atoms with Crippen molar-refractivity contribution in [1.82, 2.24) is 0 Å². The zero-order valence-electron chi connectivity index (χ0n) is 19.5. The van der Waals surface area contributed by atoms with E-state index in [1.807, 2.05) is 97.9 Å². The summed E-state index contributed by atoms with van der Waals surface area (Å²) in [6, 6.07) is 32.0. The largest absolute Gasteiger partial charge is 0.487 e. The lowest BCUT2D eigenvalue weighted by molar-refractivity contribution is -0.117. The van der Waals surface area contributed by atoms with Crippen molar-refractivity contribution in [2.24, 2.45) is 0 Å². The molecule has 0 bridgehead atoms. The van der Waals surface area contributed by atoms with Crippen LogP contribution >= 0.6 is 0 Å². The maximum Gasteiger partial charge on any atom is 0.335 e. The molecular weight excluding hydrogens is 438 g/mol. The van der Waals surface area contributed by atoms with Gasteiger partial charge in [-0.3, -0.25) is 4.79 Å². The normalized spacial score (nSPS) is 11.5. The summed E-state index contributed by atoms with van der Waals surface area (Å²) in [6.45, 7) is 2.22. The molecule has 1 atom stereocenters. The van der Waals surface area contributed by atoms with Crippen LogP contribution in [0.1, 0.15) is 45.5 Å². The molecule has 5 heteroatoms. The summed E-state index contributed by atoms with van der Waals surface area (Å²) in [5, 5.41) is 12.4. The van der Waals surface area contributed by atoms with Crippen LogP contribution in [0.25, 0.3) is 0 Å². The first-order chi connectivity index (χ1) is 17.0. The number of carboxylic acids is 1. The maximum absolute atomic E-state index is 12.8. The smallest absolute Gasteiger partial charge is 0.335 e. The fourth-order valence-electron chi connectivity index (χ4n) is 3.85. The Kier molecular flexibility index (Phi) is 7.58. The van der Waals surface area contributed by atoms with Gasteiger partial charge in [0.05, 0.1) is 17.2 Å². The maximum atomic E-state index is 12.8. The molecule has 4 aromatic rings. The summed E-state index contributed by atoms with van der Waals surface area (Å²) >= 11 is 0. The van der Waals surface area contributed by atoms with Crippen molar-refractivity contribution in [3.8, 4) is 5.75 Å². The zero-order chi connectivity index (χ0) is 24.6. The summed E-state index contributed by atoms with van der Waals surface area (Å²) in [5.41, 5.74) is 4.67. The first-order valence-corrected chi connectivity index (χ1v) is 11.5. The van der Waals surface area contributed by atoms with Gasteiger partial charge < -0.3 is 15.2 Å². The molecule has 176 valence electrons. The summed E-state index contributed by atoms with van der Waals surface area (Å²) < 4.78 is 6.03. The van der Waals surface area contributed by atoms with Crippen molar-refractivity contribution >= 4 is 17.6 Å². The lowest BCUT2D eigenvalue weighted by Gasteiger charge is -2.16. The highest BCUT2D eigenvalue weighted by molar-refractivity contribution is 5.96. The Hall–Kier alpha value is -4.38. The number of amides is 1. The Morgan fingerprint density at radius 1 is 0.800 bits per heavy atom. The average Bonchev–Trinajstić information content (AvgIpc) is 2.89. The van der Waals surface area contributed by atoms with Gasteiger partial charge in [-0.1, -0.05) is 84.9 Å². The Morgan fingerprint density at radius 2 is 1.43 bits per heavy atom. The van der Waals surface area contributed by atoms with E-state index in [-0.39, 0.29) is 11.8 Å². The fourth-order valence-corrected chi connectivity index (χ4v) is 3.85. The van der Waals surface area contributed by atoms with Gasteiger partial charge in [0.2, 0.25) is 5.91 Å². The van der Waals surface area contributed by atoms with Crippen LogP contribution < -0.4 is 10.1 Å². The van der Waals surface area contributed by atoms with Gasteiger partial charge in [0, 0.05) is 0 Å². The number of rotatable bonds is 9. The molecule has 4 rings (SSSR count). The van der Waals surface area contributed by atoms with Gasteiger partial charge in [-0.25, -0.2) is 4.79 Å².